The molecule has 5 heteroatoms. The highest BCUT2D eigenvalue weighted by molar-refractivity contribution is 5.70. The fourth-order valence-corrected chi connectivity index (χ4v) is 7.30. The molecule has 0 saturated carbocycles. The van der Waals surface area contributed by atoms with Gasteiger partial charge in [0.15, 0.2) is 6.10 Å². The lowest BCUT2D eigenvalue weighted by molar-refractivity contribution is -0.163. The van der Waals surface area contributed by atoms with Gasteiger partial charge in [-0.15, -0.1) is 0 Å². The fraction of sp³-hybridized carbons (Fsp3) is 0.754. The Morgan fingerprint density at radius 2 is 0.726 bits per heavy atom. The van der Waals surface area contributed by atoms with Crippen molar-refractivity contribution in [3.8, 4) is 0 Å². The Labute approximate surface area is 385 Å². The smallest absolute Gasteiger partial charge is 0.306 e. The van der Waals surface area contributed by atoms with Crippen LogP contribution in [0.5, 0.6) is 0 Å². The average Bonchev–Trinajstić information content (AvgIpc) is 3.27. The van der Waals surface area contributed by atoms with E-state index in [-0.39, 0.29) is 25.2 Å². The Bertz CT molecular complexity index is 1110. The number of ether oxygens (including phenoxy) is 3. The summed E-state index contributed by atoms with van der Waals surface area (Å²) in [6.45, 7) is 7.65. The van der Waals surface area contributed by atoms with Gasteiger partial charge in [0.1, 0.15) is 6.61 Å². The zero-order valence-corrected chi connectivity index (χ0v) is 41.1. The minimum absolute atomic E-state index is 0.0758. The van der Waals surface area contributed by atoms with Gasteiger partial charge < -0.3 is 14.2 Å². The van der Waals surface area contributed by atoms with Gasteiger partial charge in [-0.2, -0.15) is 0 Å². The number of esters is 2. The van der Waals surface area contributed by atoms with Crippen molar-refractivity contribution in [2.24, 2.45) is 0 Å². The van der Waals surface area contributed by atoms with Crippen molar-refractivity contribution in [1.29, 1.82) is 0 Å². The van der Waals surface area contributed by atoms with Crippen LogP contribution in [0, 0.1) is 0 Å². The lowest BCUT2D eigenvalue weighted by Crippen LogP contribution is -2.30. The highest BCUT2D eigenvalue weighted by Crippen LogP contribution is 2.14. The van der Waals surface area contributed by atoms with E-state index in [0.29, 0.717) is 19.4 Å². The first-order chi connectivity index (χ1) is 30.6. The molecule has 0 spiro atoms. The molecule has 0 fully saturated rings. The summed E-state index contributed by atoms with van der Waals surface area (Å²) in [6, 6.07) is 0. The van der Waals surface area contributed by atoms with Crippen LogP contribution in [0.2, 0.25) is 0 Å². The molecule has 358 valence electrons. The number of hydrogen-bond acceptors (Lipinski definition) is 5. The molecule has 0 aromatic rings. The van der Waals surface area contributed by atoms with Crippen molar-refractivity contribution < 1.29 is 23.8 Å². The summed E-state index contributed by atoms with van der Waals surface area (Å²) < 4.78 is 17.3. The summed E-state index contributed by atoms with van der Waals surface area (Å²) in [5.74, 6) is -0.417. The van der Waals surface area contributed by atoms with Crippen molar-refractivity contribution in [3.05, 3.63) is 72.9 Å². The molecule has 0 radical (unpaired) electrons. The van der Waals surface area contributed by atoms with E-state index in [1.807, 2.05) is 0 Å². The first-order valence-electron chi connectivity index (χ1n) is 26.5. The molecule has 0 saturated heterocycles. The molecule has 0 heterocycles. The summed E-state index contributed by atoms with van der Waals surface area (Å²) >= 11 is 0. The number of hydrogen-bond donors (Lipinski definition) is 0. The van der Waals surface area contributed by atoms with Crippen molar-refractivity contribution in [2.75, 3.05) is 19.8 Å². The van der Waals surface area contributed by atoms with Crippen LogP contribution in [0.1, 0.15) is 252 Å². The minimum atomic E-state index is -0.542. The average molecular weight is 865 g/mol. The fourth-order valence-electron chi connectivity index (χ4n) is 7.30. The molecule has 0 N–H and O–H groups in total. The summed E-state index contributed by atoms with van der Waals surface area (Å²) in [7, 11) is 0. The number of carbonyl (C=O) groups excluding carboxylic acids is 2. The van der Waals surface area contributed by atoms with Crippen LogP contribution in [-0.4, -0.2) is 37.9 Å². The zero-order chi connectivity index (χ0) is 44.9. The second-order valence-electron chi connectivity index (χ2n) is 17.4. The normalized spacial score (nSPS) is 12.8. The topological polar surface area (TPSA) is 61.8 Å². The van der Waals surface area contributed by atoms with Crippen LogP contribution in [0.3, 0.4) is 0 Å². The van der Waals surface area contributed by atoms with Crippen LogP contribution >= 0.6 is 0 Å². The van der Waals surface area contributed by atoms with E-state index in [2.05, 4.69) is 93.7 Å². The lowest BCUT2D eigenvalue weighted by atomic mass is 10.1. The minimum Gasteiger partial charge on any atom is -0.462 e. The van der Waals surface area contributed by atoms with Gasteiger partial charge in [-0.3, -0.25) is 9.59 Å². The van der Waals surface area contributed by atoms with Crippen LogP contribution in [0.4, 0.5) is 0 Å². The third kappa shape index (κ3) is 50.0. The molecule has 0 aliphatic carbocycles. The van der Waals surface area contributed by atoms with Crippen molar-refractivity contribution in [1.82, 2.24) is 0 Å². The van der Waals surface area contributed by atoms with Crippen molar-refractivity contribution in [3.63, 3.8) is 0 Å². The maximum absolute atomic E-state index is 12.7. The molecule has 0 bridgehead atoms. The van der Waals surface area contributed by atoms with E-state index in [4.69, 9.17) is 14.2 Å². The molecule has 0 aromatic heterocycles. The summed E-state index contributed by atoms with van der Waals surface area (Å²) in [5, 5.41) is 0. The van der Waals surface area contributed by atoms with E-state index in [1.54, 1.807) is 0 Å². The quantitative estimate of drug-likeness (QED) is 0.0346. The molecular formula is C57H100O5. The van der Waals surface area contributed by atoms with Gasteiger partial charge >= 0.3 is 11.9 Å². The Hall–Kier alpha value is -2.66. The van der Waals surface area contributed by atoms with Gasteiger partial charge in [0.2, 0.25) is 0 Å². The first kappa shape index (κ1) is 59.3. The Kier molecular flexibility index (Phi) is 50.4. The molecule has 1 atom stereocenters. The molecular weight excluding hydrogens is 765 g/mol. The first-order valence-corrected chi connectivity index (χ1v) is 26.5. The van der Waals surface area contributed by atoms with Gasteiger partial charge in [-0.1, -0.05) is 222 Å². The largest absolute Gasteiger partial charge is 0.462 e. The second kappa shape index (κ2) is 52.7. The zero-order valence-electron chi connectivity index (χ0n) is 41.1. The van der Waals surface area contributed by atoms with Crippen LogP contribution in [0.15, 0.2) is 72.9 Å². The molecule has 0 rings (SSSR count). The standard InChI is InChI=1S/C57H100O5/c1-4-7-10-13-16-18-20-22-24-26-28-30-32-34-36-38-40-43-46-49-52-60-53-55(62-57(59)51-48-45-41-15-12-9-6-3)54-61-56(58)50-47-44-42-39-37-35-33-31-29-27-25-23-21-19-17-14-11-8-5-2/h8,11,16-19,22-25,29,31,55H,4-7,9-10,12-15,20-21,26-28,30,32-54H2,1-3H3/b11-8-,18-16-,19-17-,24-22-,25-23-,31-29-. The van der Waals surface area contributed by atoms with Gasteiger partial charge in [-0.05, 0) is 89.9 Å². The molecule has 0 amide bonds. The van der Waals surface area contributed by atoms with Crippen molar-refractivity contribution >= 4 is 11.9 Å². The Morgan fingerprint density at radius 1 is 0.371 bits per heavy atom. The highest BCUT2D eigenvalue weighted by Gasteiger charge is 2.17. The van der Waals surface area contributed by atoms with Gasteiger partial charge in [0.05, 0.1) is 6.61 Å². The summed E-state index contributed by atoms with van der Waals surface area (Å²) in [4.78, 5) is 25.3. The summed E-state index contributed by atoms with van der Waals surface area (Å²) in [5.41, 5.74) is 0. The molecule has 62 heavy (non-hydrogen) atoms. The van der Waals surface area contributed by atoms with Crippen LogP contribution < -0.4 is 0 Å². The highest BCUT2D eigenvalue weighted by atomic mass is 16.6. The predicted molar refractivity (Wildman–Crippen MR) is 270 cm³/mol. The number of carbonyl (C=O) groups is 2. The van der Waals surface area contributed by atoms with E-state index in [1.165, 1.54) is 135 Å². The Morgan fingerprint density at radius 3 is 1.19 bits per heavy atom. The third-order valence-corrected chi connectivity index (χ3v) is 11.2. The maximum atomic E-state index is 12.7. The predicted octanol–water partition coefficient (Wildman–Crippen LogP) is 17.9. The summed E-state index contributed by atoms with van der Waals surface area (Å²) in [6.07, 6.45) is 67.8. The number of allylic oxidation sites excluding steroid dienone is 12. The lowest BCUT2D eigenvalue weighted by Gasteiger charge is -2.18. The molecule has 0 aliphatic rings. The van der Waals surface area contributed by atoms with Crippen LogP contribution in [-0.2, 0) is 23.8 Å². The third-order valence-electron chi connectivity index (χ3n) is 11.2. The van der Waals surface area contributed by atoms with E-state index in [9.17, 15) is 9.59 Å². The van der Waals surface area contributed by atoms with Gasteiger partial charge in [0, 0.05) is 19.4 Å². The van der Waals surface area contributed by atoms with E-state index in [0.717, 1.165) is 83.5 Å². The van der Waals surface area contributed by atoms with Gasteiger partial charge in [-0.25, -0.2) is 0 Å². The van der Waals surface area contributed by atoms with Gasteiger partial charge in [0.25, 0.3) is 0 Å². The molecule has 1 unspecified atom stereocenters. The Balaban J connectivity index is 4.12. The number of rotatable bonds is 48. The molecule has 0 aromatic carbocycles. The molecule has 5 nitrogen and oxygen atoms in total. The van der Waals surface area contributed by atoms with E-state index < -0.39 is 6.10 Å². The van der Waals surface area contributed by atoms with Crippen LogP contribution in [0.25, 0.3) is 0 Å². The maximum Gasteiger partial charge on any atom is 0.306 e. The molecule has 0 aliphatic heterocycles. The second-order valence-corrected chi connectivity index (χ2v) is 17.4. The number of unbranched alkanes of at least 4 members (excludes halogenated alkanes) is 25. The van der Waals surface area contributed by atoms with E-state index >= 15 is 0 Å². The SMILES string of the molecule is CC/C=C\C/C=C\C/C=C\C/C=C\CCCCCCCCC(=O)OCC(COCCCCCCCCCCCC/C=C\C/C=C\CCCCC)OC(=O)CCCCCCCCC. The monoisotopic (exact) mass is 865 g/mol. The van der Waals surface area contributed by atoms with Crippen molar-refractivity contribution in [2.45, 2.75) is 258 Å².